The van der Waals surface area contributed by atoms with Gasteiger partial charge in [-0.3, -0.25) is 10.1 Å². The molecule has 1 unspecified atom stereocenters. The van der Waals surface area contributed by atoms with E-state index < -0.39 is 11.0 Å². The summed E-state index contributed by atoms with van der Waals surface area (Å²) in [7, 11) is 0. The standard InChI is InChI=1S/C9H12N2O3/c1-6-2-3-8(11(13)14)7(4-6)9(12)5-10/h2-4,9,12H,5,10H2,1H3. The van der Waals surface area contributed by atoms with Crippen LogP contribution in [0.15, 0.2) is 18.2 Å². The molecule has 0 saturated heterocycles. The van der Waals surface area contributed by atoms with E-state index in [0.717, 1.165) is 5.56 Å². The fourth-order valence-corrected chi connectivity index (χ4v) is 1.23. The average Bonchev–Trinajstić information content (AvgIpc) is 2.16. The van der Waals surface area contributed by atoms with Crippen LogP contribution >= 0.6 is 0 Å². The second-order valence-corrected chi connectivity index (χ2v) is 3.07. The van der Waals surface area contributed by atoms with Gasteiger partial charge >= 0.3 is 0 Å². The van der Waals surface area contributed by atoms with Crippen molar-refractivity contribution in [1.82, 2.24) is 0 Å². The third-order valence-electron chi connectivity index (χ3n) is 1.96. The van der Waals surface area contributed by atoms with Crippen molar-refractivity contribution in [2.75, 3.05) is 6.54 Å². The minimum atomic E-state index is -0.977. The van der Waals surface area contributed by atoms with Crippen LogP contribution in [0.3, 0.4) is 0 Å². The maximum atomic E-state index is 10.6. The number of rotatable bonds is 3. The van der Waals surface area contributed by atoms with Gasteiger partial charge in [-0.1, -0.05) is 11.6 Å². The molecule has 0 aromatic heterocycles. The van der Waals surface area contributed by atoms with Crippen LogP contribution in [-0.4, -0.2) is 16.6 Å². The zero-order chi connectivity index (χ0) is 10.7. The SMILES string of the molecule is Cc1ccc([N+](=O)[O-])c(C(O)CN)c1. The van der Waals surface area contributed by atoms with Gasteiger partial charge in [0.1, 0.15) is 0 Å². The topological polar surface area (TPSA) is 89.4 Å². The van der Waals surface area contributed by atoms with Crippen LogP contribution in [0.4, 0.5) is 5.69 Å². The lowest BCUT2D eigenvalue weighted by Crippen LogP contribution is -2.13. The minimum Gasteiger partial charge on any atom is -0.387 e. The summed E-state index contributed by atoms with van der Waals surface area (Å²) in [5.74, 6) is 0. The van der Waals surface area contributed by atoms with E-state index in [-0.39, 0.29) is 17.8 Å². The highest BCUT2D eigenvalue weighted by Crippen LogP contribution is 2.25. The first-order valence-corrected chi connectivity index (χ1v) is 4.19. The molecule has 0 heterocycles. The Hall–Kier alpha value is -1.46. The molecule has 1 aromatic rings. The van der Waals surface area contributed by atoms with Gasteiger partial charge in [-0.15, -0.1) is 0 Å². The Morgan fingerprint density at radius 3 is 2.79 bits per heavy atom. The Labute approximate surface area is 81.3 Å². The predicted molar refractivity (Wildman–Crippen MR) is 51.8 cm³/mol. The van der Waals surface area contributed by atoms with Crippen molar-refractivity contribution in [2.24, 2.45) is 5.73 Å². The van der Waals surface area contributed by atoms with Crippen LogP contribution in [0.25, 0.3) is 0 Å². The van der Waals surface area contributed by atoms with E-state index in [4.69, 9.17) is 5.73 Å². The van der Waals surface area contributed by atoms with Crippen molar-refractivity contribution in [3.05, 3.63) is 39.4 Å². The Morgan fingerprint density at radius 2 is 2.29 bits per heavy atom. The summed E-state index contributed by atoms with van der Waals surface area (Å²) in [6, 6.07) is 4.59. The summed E-state index contributed by atoms with van der Waals surface area (Å²) < 4.78 is 0. The summed E-state index contributed by atoms with van der Waals surface area (Å²) >= 11 is 0. The molecule has 0 fully saturated rings. The second kappa shape index (κ2) is 4.17. The lowest BCUT2D eigenvalue weighted by atomic mass is 10.0. The smallest absolute Gasteiger partial charge is 0.275 e. The molecule has 76 valence electrons. The lowest BCUT2D eigenvalue weighted by Gasteiger charge is -2.09. The maximum absolute atomic E-state index is 10.6. The van der Waals surface area contributed by atoms with E-state index in [0.29, 0.717) is 0 Å². The number of benzene rings is 1. The third kappa shape index (κ3) is 2.07. The quantitative estimate of drug-likeness (QED) is 0.555. The monoisotopic (exact) mass is 196 g/mol. The van der Waals surface area contributed by atoms with E-state index in [1.54, 1.807) is 19.1 Å². The number of nitro groups is 1. The average molecular weight is 196 g/mol. The molecule has 0 bridgehead atoms. The molecular formula is C9H12N2O3. The van der Waals surface area contributed by atoms with Gasteiger partial charge in [0.15, 0.2) is 0 Å². The molecule has 1 atom stereocenters. The van der Waals surface area contributed by atoms with Crippen LogP contribution < -0.4 is 5.73 Å². The van der Waals surface area contributed by atoms with Crippen molar-refractivity contribution in [3.63, 3.8) is 0 Å². The summed E-state index contributed by atoms with van der Waals surface area (Å²) in [4.78, 5) is 10.1. The molecule has 3 N–H and O–H groups in total. The van der Waals surface area contributed by atoms with Crippen LogP contribution in [-0.2, 0) is 0 Å². The molecule has 1 aromatic carbocycles. The van der Waals surface area contributed by atoms with E-state index in [1.165, 1.54) is 6.07 Å². The number of nitrogens with two attached hydrogens (primary N) is 1. The third-order valence-corrected chi connectivity index (χ3v) is 1.96. The van der Waals surface area contributed by atoms with E-state index in [2.05, 4.69) is 0 Å². The number of aliphatic hydroxyl groups excluding tert-OH is 1. The van der Waals surface area contributed by atoms with Gasteiger partial charge in [-0.25, -0.2) is 0 Å². The molecule has 1 rings (SSSR count). The highest BCUT2D eigenvalue weighted by atomic mass is 16.6. The zero-order valence-corrected chi connectivity index (χ0v) is 7.80. The van der Waals surface area contributed by atoms with Gasteiger partial charge < -0.3 is 10.8 Å². The molecule has 14 heavy (non-hydrogen) atoms. The highest BCUT2D eigenvalue weighted by Gasteiger charge is 2.18. The van der Waals surface area contributed by atoms with Gasteiger partial charge in [0.05, 0.1) is 16.6 Å². The zero-order valence-electron chi connectivity index (χ0n) is 7.80. The predicted octanol–water partition coefficient (Wildman–Crippen LogP) is 0.895. The molecule has 0 aliphatic rings. The Morgan fingerprint density at radius 1 is 1.64 bits per heavy atom. The number of hydrogen-bond donors (Lipinski definition) is 2. The molecular weight excluding hydrogens is 184 g/mol. The van der Waals surface area contributed by atoms with Crippen LogP contribution in [0.1, 0.15) is 17.2 Å². The van der Waals surface area contributed by atoms with Crippen molar-refractivity contribution in [2.45, 2.75) is 13.0 Å². The molecule has 5 nitrogen and oxygen atoms in total. The molecule has 0 saturated carbocycles. The van der Waals surface area contributed by atoms with E-state index in [1.807, 2.05) is 0 Å². The molecule has 0 spiro atoms. The molecule has 0 aliphatic heterocycles. The number of aryl methyl sites for hydroxylation is 1. The number of aliphatic hydroxyl groups is 1. The van der Waals surface area contributed by atoms with Gasteiger partial charge in [0, 0.05) is 12.6 Å². The Bertz CT molecular complexity index is 352. The molecule has 0 amide bonds. The second-order valence-electron chi connectivity index (χ2n) is 3.07. The Kier molecular flexibility index (Phi) is 3.16. The first-order chi connectivity index (χ1) is 6.56. The highest BCUT2D eigenvalue weighted by molar-refractivity contribution is 5.44. The summed E-state index contributed by atoms with van der Waals surface area (Å²) in [6.07, 6.45) is -0.977. The first kappa shape index (κ1) is 10.6. The first-order valence-electron chi connectivity index (χ1n) is 4.19. The fraction of sp³-hybridized carbons (Fsp3) is 0.333. The molecule has 5 heteroatoms. The minimum absolute atomic E-state index is 0.0235. The largest absolute Gasteiger partial charge is 0.387 e. The van der Waals surface area contributed by atoms with E-state index in [9.17, 15) is 15.2 Å². The van der Waals surface area contributed by atoms with Crippen LogP contribution in [0, 0.1) is 17.0 Å². The number of nitrogens with zero attached hydrogens (tertiary/aromatic N) is 1. The van der Waals surface area contributed by atoms with Crippen molar-refractivity contribution in [1.29, 1.82) is 0 Å². The fourth-order valence-electron chi connectivity index (χ4n) is 1.23. The maximum Gasteiger partial charge on any atom is 0.275 e. The number of hydrogen-bond acceptors (Lipinski definition) is 4. The van der Waals surface area contributed by atoms with Crippen molar-refractivity contribution in [3.8, 4) is 0 Å². The van der Waals surface area contributed by atoms with Gasteiger partial charge in [-0.05, 0) is 13.0 Å². The summed E-state index contributed by atoms with van der Waals surface area (Å²) in [5.41, 5.74) is 6.30. The van der Waals surface area contributed by atoms with Crippen LogP contribution in [0.5, 0.6) is 0 Å². The summed E-state index contributed by atoms with van der Waals surface area (Å²) in [5, 5.41) is 20.1. The Balaban J connectivity index is 3.22. The van der Waals surface area contributed by atoms with Gasteiger partial charge in [0.2, 0.25) is 0 Å². The summed E-state index contributed by atoms with van der Waals surface area (Å²) in [6.45, 7) is 1.78. The van der Waals surface area contributed by atoms with Gasteiger partial charge in [-0.2, -0.15) is 0 Å². The number of nitro benzene ring substituents is 1. The lowest BCUT2D eigenvalue weighted by molar-refractivity contribution is -0.386. The van der Waals surface area contributed by atoms with Crippen LogP contribution in [0.2, 0.25) is 0 Å². The normalized spacial score (nSPS) is 12.5. The van der Waals surface area contributed by atoms with Crippen molar-refractivity contribution >= 4 is 5.69 Å². The van der Waals surface area contributed by atoms with Crippen molar-refractivity contribution < 1.29 is 10.0 Å². The molecule has 0 radical (unpaired) electrons. The van der Waals surface area contributed by atoms with E-state index >= 15 is 0 Å². The molecule has 0 aliphatic carbocycles. The van der Waals surface area contributed by atoms with Gasteiger partial charge in [0.25, 0.3) is 5.69 Å².